The fraction of sp³-hybridized carbons (Fsp3) is 0.667. The Morgan fingerprint density at radius 3 is 2.62 bits per heavy atom. The van der Waals surface area contributed by atoms with Crippen molar-refractivity contribution in [2.24, 2.45) is 11.3 Å². The van der Waals surface area contributed by atoms with Crippen molar-refractivity contribution in [1.29, 1.82) is 0 Å². The Balaban J connectivity index is 2.43. The smallest absolute Gasteiger partial charge is 0.123 e. The third-order valence-corrected chi connectivity index (χ3v) is 6.00. The van der Waals surface area contributed by atoms with E-state index >= 15 is 0 Å². The number of halogens is 1. The van der Waals surface area contributed by atoms with Crippen LogP contribution in [0.2, 0.25) is 0 Å². The van der Waals surface area contributed by atoms with Gasteiger partial charge in [-0.3, -0.25) is 0 Å². The highest BCUT2D eigenvalue weighted by molar-refractivity contribution is 9.10. The van der Waals surface area contributed by atoms with Crippen LogP contribution in [0.25, 0.3) is 0 Å². The first kappa shape index (κ1) is 16.8. The largest absolute Gasteiger partial charge is 0.496 e. The Morgan fingerprint density at radius 1 is 1.33 bits per heavy atom. The average molecular weight is 354 g/mol. The van der Waals surface area contributed by atoms with E-state index in [0.29, 0.717) is 17.4 Å². The topological polar surface area (TPSA) is 21.3 Å². The highest BCUT2D eigenvalue weighted by atomic mass is 79.9. The van der Waals surface area contributed by atoms with Crippen molar-refractivity contribution in [3.05, 3.63) is 27.7 Å². The number of aryl methyl sites for hydroxylation is 1. The molecule has 1 aromatic carbocycles. The van der Waals surface area contributed by atoms with Gasteiger partial charge in [0.15, 0.2) is 0 Å². The van der Waals surface area contributed by atoms with Gasteiger partial charge in [0.05, 0.1) is 7.11 Å². The van der Waals surface area contributed by atoms with Crippen LogP contribution in [0.15, 0.2) is 16.6 Å². The van der Waals surface area contributed by atoms with Crippen molar-refractivity contribution < 1.29 is 4.74 Å². The lowest BCUT2D eigenvalue weighted by Crippen LogP contribution is -2.38. The van der Waals surface area contributed by atoms with Crippen molar-refractivity contribution in [2.75, 3.05) is 14.2 Å². The first-order valence-electron chi connectivity index (χ1n) is 7.92. The summed E-state index contributed by atoms with van der Waals surface area (Å²) in [5.74, 6) is 1.64. The molecule has 118 valence electrons. The lowest BCUT2D eigenvalue weighted by molar-refractivity contribution is 0.100. The maximum absolute atomic E-state index is 5.66. The molecule has 3 heteroatoms. The molecule has 21 heavy (non-hydrogen) atoms. The predicted molar refractivity (Wildman–Crippen MR) is 93.0 cm³/mol. The molecule has 2 rings (SSSR count). The van der Waals surface area contributed by atoms with Crippen LogP contribution in [0.3, 0.4) is 0 Å². The number of hydrogen-bond donors (Lipinski definition) is 1. The monoisotopic (exact) mass is 353 g/mol. The molecule has 1 aromatic rings. The first-order valence-corrected chi connectivity index (χ1v) is 8.71. The molecule has 2 atom stereocenters. The lowest BCUT2D eigenvalue weighted by atomic mass is 9.64. The Morgan fingerprint density at radius 2 is 2.05 bits per heavy atom. The van der Waals surface area contributed by atoms with Crippen LogP contribution in [0.5, 0.6) is 5.75 Å². The number of hydrogen-bond acceptors (Lipinski definition) is 2. The van der Waals surface area contributed by atoms with Gasteiger partial charge in [0.25, 0.3) is 0 Å². The molecule has 1 saturated carbocycles. The van der Waals surface area contributed by atoms with Gasteiger partial charge in [0, 0.05) is 16.1 Å². The summed E-state index contributed by atoms with van der Waals surface area (Å²) >= 11 is 3.68. The minimum Gasteiger partial charge on any atom is -0.496 e. The zero-order chi connectivity index (χ0) is 15.6. The average Bonchev–Trinajstić information content (AvgIpc) is 2.44. The van der Waals surface area contributed by atoms with Gasteiger partial charge in [-0.05, 0) is 55.8 Å². The molecule has 0 bridgehead atoms. The van der Waals surface area contributed by atoms with Gasteiger partial charge in [0.1, 0.15) is 5.75 Å². The van der Waals surface area contributed by atoms with E-state index in [-0.39, 0.29) is 0 Å². The molecule has 0 aliphatic heterocycles. The summed E-state index contributed by atoms with van der Waals surface area (Å²) in [6, 6.07) is 4.71. The van der Waals surface area contributed by atoms with E-state index < -0.39 is 0 Å². The van der Waals surface area contributed by atoms with E-state index in [0.717, 1.165) is 10.2 Å². The molecule has 1 fully saturated rings. The number of benzene rings is 1. The Labute approximate surface area is 137 Å². The fourth-order valence-electron chi connectivity index (χ4n) is 3.80. The summed E-state index contributed by atoms with van der Waals surface area (Å²) in [6.45, 7) is 6.93. The van der Waals surface area contributed by atoms with Gasteiger partial charge in [-0.25, -0.2) is 0 Å². The molecule has 1 aliphatic carbocycles. The van der Waals surface area contributed by atoms with Gasteiger partial charge in [-0.2, -0.15) is 0 Å². The number of ether oxygens (including phenoxy) is 1. The molecule has 1 N–H and O–H groups in total. The van der Waals surface area contributed by atoms with Gasteiger partial charge in [-0.1, -0.05) is 42.6 Å². The normalized spacial score (nSPS) is 22.9. The number of rotatable bonds is 4. The molecule has 0 radical (unpaired) electrons. The highest BCUT2D eigenvalue weighted by Crippen LogP contribution is 2.48. The zero-order valence-electron chi connectivity index (χ0n) is 13.9. The van der Waals surface area contributed by atoms with Crippen LogP contribution in [0.1, 0.15) is 56.7 Å². The van der Waals surface area contributed by atoms with Crippen LogP contribution in [-0.4, -0.2) is 14.2 Å². The van der Waals surface area contributed by atoms with Gasteiger partial charge >= 0.3 is 0 Å². The van der Waals surface area contributed by atoms with Crippen LogP contribution in [0.4, 0.5) is 0 Å². The number of nitrogens with one attached hydrogen (secondary N) is 1. The van der Waals surface area contributed by atoms with Crippen molar-refractivity contribution in [2.45, 2.75) is 52.5 Å². The molecule has 0 heterocycles. The van der Waals surface area contributed by atoms with Crippen molar-refractivity contribution in [3.63, 3.8) is 0 Å². The molecule has 1 aliphatic rings. The second kappa shape index (κ2) is 6.70. The molecule has 0 spiro atoms. The SMILES string of the molecule is CNC(c1cc(Br)c(C)cc1OC)C1CCCCC1(C)C. The predicted octanol–water partition coefficient (Wildman–Crippen LogP) is 5.24. The Hall–Kier alpha value is -0.540. The van der Waals surface area contributed by atoms with E-state index in [1.54, 1.807) is 7.11 Å². The third-order valence-electron chi connectivity index (χ3n) is 5.15. The minimum absolute atomic E-state index is 0.340. The second-order valence-electron chi connectivity index (χ2n) is 6.95. The standard InChI is InChI=1S/C18H28BrNO/c1-12-10-16(21-5)13(11-15(12)19)17(20-4)14-8-6-7-9-18(14,2)3/h10-11,14,17,20H,6-9H2,1-5H3. The summed E-state index contributed by atoms with van der Waals surface area (Å²) in [6.07, 6.45) is 5.29. The first-order chi connectivity index (χ1) is 9.90. The summed E-state index contributed by atoms with van der Waals surface area (Å²) in [7, 11) is 3.84. The molecule has 0 saturated heterocycles. The van der Waals surface area contributed by atoms with Gasteiger partial charge < -0.3 is 10.1 Å². The number of methoxy groups -OCH3 is 1. The van der Waals surface area contributed by atoms with E-state index in [1.165, 1.54) is 36.8 Å². The quantitative estimate of drug-likeness (QED) is 0.798. The molecular weight excluding hydrogens is 326 g/mol. The van der Waals surface area contributed by atoms with Crippen molar-refractivity contribution in [3.8, 4) is 5.75 Å². The Bertz CT molecular complexity index is 498. The van der Waals surface area contributed by atoms with E-state index in [2.05, 4.69) is 61.2 Å². The third kappa shape index (κ3) is 3.45. The van der Waals surface area contributed by atoms with Crippen LogP contribution >= 0.6 is 15.9 Å². The van der Waals surface area contributed by atoms with Gasteiger partial charge in [-0.15, -0.1) is 0 Å². The molecule has 2 unspecified atom stereocenters. The van der Waals surface area contributed by atoms with Crippen molar-refractivity contribution >= 4 is 15.9 Å². The summed E-state index contributed by atoms with van der Waals surface area (Å²) in [4.78, 5) is 0. The second-order valence-corrected chi connectivity index (χ2v) is 7.80. The molecule has 0 aromatic heterocycles. The van der Waals surface area contributed by atoms with E-state index in [9.17, 15) is 0 Å². The fourth-order valence-corrected chi connectivity index (χ4v) is 4.16. The van der Waals surface area contributed by atoms with Gasteiger partial charge in [0.2, 0.25) is 0 Å². The maximum atomic E-state index is 5.66. The molecule has 0 amide bonds. The van der Waals surface area contributed by atoms with E-state index in [4.69, 9.17) is 4.74 Å². The Kier molecular flexibility index (Phi) is 5.37. The summed E-state index contributed by atoms with van der Waals surface area (Å²) in [5, 5.41) is 3.56. The lowest BCUT2D eigenvalue weighted by Gasteiger charge is -2.43. The molecular formula is C18H28BrNO. The maximum Gasteiger partial charge on any atom is 0.123 e. The highest BCUT2D eigenvalue weighted by Gasteiger charge is 2.38. The summed E-state index contributed by atoms with van der Waals surface area (Å²) in [5.41, 5.74) is 2.86. The zero-order valence-corrected chi connectivity index (χ0v) is 15.5. The van der Waals surface area contributed by atoms with E-state index in [1.807, 2.05) is 0 Å². The van der Waals surface area contributed by atoms with Crippen LogP contribution < -0.4 is 10.1 Å². The molecule has 2 nitrogen and oxygen atoms in total. The van der Waals surface area contributed by atoms with Crippen LogP contribution in [0, 0.1) is 18.3 Å². The van der Waals surface area contributed by atoms with Crippen molar-refractivity contribution in [1.82, 2.24) is 5.32 Å². The van der Waals surface area contributed by atoms with Crippen LogP contribution in [-0.2, 0) is 0 Å². The summed E-state index contributed by atoms with van der Waals surface area (Å²) < 4.78 is 6.82. The minimum atomic E-state index is 0.340.